The Bertz CT molecular complexity index is 1030. The number of nitrogens with zero attached hydrogens (tertiary/aromatic N) is 2. The van der Waals surface area contributed by atoms with Gasteiger partial charge in [-0.1, -0.05) is 42.7 Å². The van der Waals surface area contributed by atoms with E-state index in [0.717, 1.165) is 31.4 Å². The van der Waals surface area contributed by atoms with Gasteiger partial charge in [0.05, 0.1) is 13.3 Å². The van der Waals surface area contributed by atoms with Crippen molar-refractivity contribution in [3.05, 3.63) is 52.3 Å². The predicted octanol–water partition coefficient (Wildman–Crippen LogP) is 4.01. The number of aromatic nitrogens is 2. The third-order valence-electron chi connectivity index (χ3n) is 5.30. The summed E-state index contributed by atoms with van der Waals surface area (Å²) in [6.45, 7) is 1.86. The summed E-state index contributed by atoms with van der Waals surface area (Å²) >= 11 is 1.32. The van der Waals surface area contributed by atoms with E-state index >= 15 is 0 Å². The Morgan fingerprint density at radius 2 is 2.04 bits per heavy atom. The highest BCUT2D eigenvalue weighted by Crippen LogP contribution is 2.27. The summed E-state index contributed by atoms with van der Waals surface area (Å²) in [5, 5.41) is 3.15. The fourth-order valence-electron chi connectivity index (χ4n) is 3.78. The predicted molar refractivity (Wildman–Crippen MR) is 109 cm³/mol. The van der Waals surface area contributed by atoms with Crippen molar-refractivity contribution in [2.45, 2.75) is 45.1 Å². The Morgan fingerprint density at radius 3 is 2.79 bits per heavy atom. The maximum absolute atomic E-state index is 13.0. The first kappa shape index (κ1) is 18.7. The van der Waals surface area contributed by atoms with E-state index in [1.54, 1.807) is 42.0 Å². The summed E-state index contributed by atoms with van der Waals surface area (Å²) in [7, 11) is 1.57. The van der Waals surface area contributed by atoms with E-state index in [1.807, 2.05) is 6.92 Å². The molecule has 1 amide bonds. The van der Waals surface area contributed by atoms with Gasteiger partial charge < -0.3 is 10.1 Å². The number of hydrogen-bond donors (Lipinski definition) is 1. The molecule has 1 fully saturated rings. The average molecular weight is 398 g/mol. The van der Waals surface area contributed by atoms with Crippen LogP contribution in [0, 0.1) is 6.92 Å². The van der Waals surface area contributed by atoms with Crippen LogP contribution in [0.1, 0.15) is 63.5 Å². The highest BCUT2D eigenvalue weighted by Gasteiger charge is 2.24. The zero-order chi connectivity index (χ0) is 19.7. The van der Waals surface area contributed by atoms with Crippen molar-refractivity contribution in [1.29, 1.82) is 0 Å². The van der Waals surface area contributed by atoms with Gasteiger partial charge in [-0.05, 0) is 31.9 Å². The molecule has 2 heterocycles. The monoisotopic (exact) mass is 397 g/mol. The van der Waals surface area contributed by atoms with E-state index in [2.05, 4.69) is 10.3 Å². The first-order valence-corrected chi connectivity index (χ1v) is 10.4. The number of amides is 1. The second-order valence-corrected chi connectivity index (χ2v) is 8.13. The van der Waals surface area contributed by atoms with Gasteiger partial charge in [-0.3, -0.25) is 14.0 Å². The summed E-state index contributed by atoms with van der Waals surface area (Å²) in [6, 6.07) is 7.29. The molecule has 1 aromatic carbocycles. The molecule has 0 spiro atoms. The molecule has 1 saturated carbocycles. The van der Waals surface area contributed by atoms with Gasteiger partial charge in [0, 0.05) is 17.3 Å². The number of benzene rings is 1. The van der Waals surface area contributed by atoms with Gasteiger partial charge in [-0.2, -0.15) is 0 Å². The highest BCUT2D eigenvalue weighted by atomic mass is 32.1. The van der Waals surface area contributed by atoms with Gasteiger partial charge in [0.2, 0.25) is 5.78 Å². The maximum atomic E-state index is 13.0. The summed E-state index contributed by atoms with van der Waals surface area (Å²) in [4.78, 5) is 31.5. The number of carbonyl (C=O) groups is 2. The Kier molecular flexibility index (Phi) is 5.17. The molecule has 1 aliphatic rings. The van der Waals surface area contributed by atoms with Crippen molar-refractivity contribution in [1.82, 2.24) is 14.7 Å². The van der Waals surface area contributed by atoms with Crippen molar-refractivity contribution in [2.75, 3.05) is 7.11 Å². The SMILES string of the molecule is COc1cccc(C(=O)c2cnc3sc(C(=O)NC4CCCCC4)c(C)n23)c1. The topological polar surface area (TPSA) is 72.7 Å². The average Bonchev–Trinajstić information content (AvgIpc) is 3.28. The van der Waals surface area contributed by atoms with E-state index < -0.39 is 0 Å². The number of thiazole rings is 1. The van der Waals surface area contributed by atoms with Gasteiger partial charge in [0.25, 0.3) is 5.91 Å². The van der Waals surface area contributed by atoms with Crippen LogP contribution in [0.5, 0.6) is 5.75 Å². The van der Waals surface area contributed by atoms with Crippen LogP contribution in [-0.2, 0) is 0 Å². The van der Waals surface area contributed by atoms with Gasteiger partial charge in [0.15, 0.2) is 4.96 Å². The molecule has 4 rings (SSSR count). The lowest BCUT2D eigenvalue weighted by molar-refractivity contribution is 0.0929. The molecule has 7 heteroatoms. The minimum Gasteiger partial charge on any atom is -0.497 e. The molecule has 3 aromatic rings. The van der Waals surface area contributed by atoms with Crippen LogP contribution >= 0.6 is 11.3 Å². The first-order valence-electron chi connectivity index (χ1n) is 9.55. The molecule has 0 unspecified atom stereocenters. The number of carbonyl (C=O) groups excluding carboxylic acids is 2. The third-order valence-corrected chi connectivity index (χ3v) is 6.45. The second kappa shape index (κ2) is 7.75. The van der Waals surface area contributed by atoms with Crippen LogP contribution in [0.2, 0.25) is 0 Å². The Morgan fingerprint density at radius 1 is 1.25 bits per heavy atom. The van der Waals surface area contributed by atoms with Crippen molar-refractivity contribution < 1.29 is 14.3 Å². The summed E-state index contributed by atoms with van der Waals surface area (Å²) in [5.74, 6) is 0.410. The van der Waals surface area contributed by atoms with Crippen molar-refractivity contribution >= 4 is 28.0 Å². The number of methoxy groups -OCH3 is 1. The van der Waals surface area contributed by atoms with Crippen LogP contribution in [0.3, 0.4) is 0 Å². The molecule has 146 valence electrons. The lowest BCUT2D eigenvalue weighted by Gasteiger charge is -2.22. The van der Waals surface area contributed by atoms with Crippen LogP contribution in [0.15, 0.2) is 30.5 Å². The molecule has 0 atom stereocenters. The smallest absolute Gasteiger partial charge is 0.263 e. The van der Waals surface area contributed by atoms with E-state index in [9.17, 15) is 9.59 Å². The van der Waals surface area contributed by atoms with Crippen LogP contribution in [0.25, 0.3) is 4.96 Å². The van der Waals surface area contributed by atoms with Crippen LogP contribution < -0.4 is 10.1 Å². The fourth-order valence-corrected chi connectivity index (χ4v) is 4.78. The second-order valence-electron chi connectivity index (χ2n) is 7.15. The summed E-state index contributed by atoms with van der Waals surface area (Å²) in [6.07, 6.45) is 7.21. The van der Waals surface area contributed by atoms with Crippen molar-refractivity contribution in [3.63, 3.8) is 0 Å². The Hall–Kier alpha value is -2.67. The molecule has 1 aliphatic carbocycles. The molecular formula is C21H23N3O3S. The van der Waals surface area contributed by atoms with Crippen molar-refractivity contribution in [2.24, 2.45) is 0 Å². The molecule has 0 aliphatic heterocycles. The van der Waals surface area contributed by atoms with E-state index in [-0.39, 0.29) is 17.7 Å². The normalized spacial score (nSPS) is 14.9. The zero-order valence-corrected chi connectivity index (χ0v) is 16.8. The number of hydrogen-bond acceptors (Lipinski definition) is 5. The minimum absolute atomic E-state index is 0.0697. The van der Waals surface area contributed by atoms with Gasteiger partial charge in [0.1, 0.15) is 16.3 Å². The minimum atomic E-state index is -0.147. The third kappa shape index (κ3) is 3.42. The standard InChI is InChI=1S/C21H23N3O3S/c1-13-19(20(26)23-15-8-4-3-5-9-15)28-21-22-12-17(24(13)21)18(25)14-7-6-10-16(11-14)27-2/h6-7,10-12,15H,3-5,8-9H2,1-2H3,(H,23,26). The molecule has 28 heavy (non-hydrogen) atoms. The number of aryl methyl sites for hydroxylation is 1. The molecule has 2 aromatic heterocycles. The number of ether oxygens (including phenoxy) is 1. The Labute approximate surface area is 167 Å². The van der Waals surface area contributed by atoms with Gasteiger partial charge >= 0.3 is 0 Å². The number of ketones is 1. The number of fused-ring (bicyclic) bond motifs is 1. The quantitative estimate of drug-likeness (QED) is 0.661. The summed E-state index contributed by atoms with van der Waals surface area (Å²) in [5.41, 5.74) is 1.73. The maximum Gasteiger partial charge on any atom is 0.263 e. The molecule has 0 radical (unpaired) electrons. The molecule has 6 nitrogen and oxygen atoms in total. The van der Waals surface area contributed by atoms with Crippen molar-refractivity contribution in [3.8, 4) is 5.75 Å². The zero-order valence-electron chi connectivity index (χ0n) is 16.0. The Balaban J connectivity index is 1.64. The summed E-state index contributed by atoms with van der Waals surface area (Å²) < 4.78 is 7.00. The largest absolute Gasteiger partial charge is 0.497 e. The molecule has 0 saturated heterocycles. The van der Waals surface area contributed by atoms with Crippen LogP contribution in [-0.4, -0.2) is 34.2 Å². The first-order chi connectivity index (χ1) is 13.6. The van der Waals surface area contributed by atoms with E-state index in [1.165, 1.54) is 17.8 Å². The number of nitrogens with one attached hydrogen (secondary N) is 1. The van der Waals surface area contributed by atoms with E-state index in [4.69, 9.17) is 4.74 Å². The molecular weight excluding hydrogens is 374 g/mol. The number of rotatable bonds is 5. The molecule has 0 bridgehead atoms. The lowest BCUT2D eigenvalue weighted by Crippen LogP contribution is -2.36. The van der Waals surface area contributed by atoms with E-state index in [0.29, 0.717) is 26.8 Å². The highest BCUT2D eigenvalue weighted by molar-refractivity contribution is 7.19. The fraction of sp³-hybridized carbons (Fsp3) is 0.381. The van der Waals surface area contributed by atoms with Gasteiger partial charge in [-0.25, -0.2) is 4.98 Å². The number of imidazole rings is 1. The van der Waals surface area contributed by atoms with Crippen LogP contribution in [0.4, 0.5) is 0 Å². The lowest BCUT2D eigenvalue weighted by atomic mass is 9.95. The van der Waals surface area contributed by atoms with Gasteiger partial charge in [-0.15, -0.1) is 0 Å². The molecule has 1 N–H and O–H groups in total.